The van der Waals surface area contributed by atoms with E-state index in [1.807, 2.05) is 66.7 Å². The summed E-state index contributed by atoms with van der Waals surface area (Å²) >= 11 is 0. The molecule has 4 rings (SSSR count). The summed E-state index contributed by atoms with van der Waals surface area (Å²) in [5.74, 6) is -0.129. The largest absolute Gasteiger partial charge is 0.321 e. The molecule has 3 heteroatoms. The number of hydrogen-bond acceptors (Lipinski definition) is 2. The molecule has 1 amide bonds. The number of nitrogens with zero attached hydrogens (tertiary/aromatic N) is 1. The number of carbonyl (C=O) groups excluding carboxylic acids is 1. The van der Waals surface area contributed by atoms with Gasteiger partial charge in [0.2, 0.25) is 0 Å². The van der Waals surface area contributed by atoms with E-state index in [1.165, 1.54) is 0 Å². The van der Waals surface area contributed by atoms with Crippen LogP contribution in [-0.4, -0.2) is 10.9 Å². The summed E-state index contributed by atoms with van der Waals surface area (Å²) < 4.78 is 0. The molecule has 0 radical (unpaired) electrons. The maximum atomic E-state index is 12.6. The molecule has 0 aliphatic rings. The predicted molar refractivity (Wildman–Crippen MR) is 102 cm³/mol. The molecule has 120 valence electrons. The van der Waals surface area contributed by atoms with Crippen molar-refractivity contribution in [3.63, 3.8) is 0 Å². The first kappa shape index (κ1) is 15.1. The fourth-order valence-corrected chi connectivity index (χ4v) is 2.86. The maximum absolute atomic E-state index is 12.6. The summed E-state index contributed by atoms with van der Waals surface area (Å²) in [7, 11) is 0. The van der Waals surface area contributed by atoms with Crippen molar-refractivity contribution in [1.82, 2.24) is 4.98 Å². The minimum absolute atomic E-state index is 0.129. The number of aromatic nitrogens is 1. The van der Waals surface area contributed by atoms with Gasteiger partial charge in [-0.3, -0.25) is 9.78 Å². The Morgan fingerprint density at radius 2 is 1.52 bits per heavy atom. The van der Waals surface area contributed by atoms with Gasteiger partial charge < -0.3 is 5.32 Å². The average molecular weight is 324 g/mol. The van der Waals surface area contributed by atoms with Crippen LogP contribution in [0.5, 0.6) is 0 Å². The molecule has 0 unspecified atom stereocenters. The first-order valence-corrected chi connectivity index (χ1v) is 8.11. The highest BCUT2D eigenvalue weighted by Crippen LogP contribution is 2.23. The lowest BCUT2D eigenvalue weighted by atomic mass is 10.0. The van der Waals surface area contributed by atoms with Crippen LogP contribution in [-0.2, 0) is 0 Å². The summed E-state index contributed by atoms with van der Waals surface area (Å²) in [5.41, 5.74) is 3.62. The third-order valence-electron chi connectivity index (χ3n) is 4.19. The van der Waals surface area contributed by atoms with E-state index in [2.05, 4.69) is 22.4 Å². The zero-order valence-corrected chi connectivity index (χ0v) is 13.5. The van der Waals surface area contributed by atoms with Gasteiger partial charge >= 0.3 is 0 Å². The summed E-state index contributed by atoms with van der Waals surface area (Å²) in [5, 5.41) is 4.96. The molecule has 1 heterocycles. The number of nitrogens with one attached hydrogen (secondary N) is 1. The van der Waals surface area contributed by atoms with Gasteiger partial charge in [-0.1, -0.05) is 54.6 Å². The SMILES string of the molecule is O=C(Nc1cccc2ccncc12)c1ccc(-c2ccccc2)cc1. The van der Waals surface area contributed by atoms with Gasteiger partial charge in [0.05, 0.1) is 5.69 Å². The molecule has 4 aromatic rings. The van der Waals surface area contributed by atoms with Crippen LogP contribution >= 0.6 is 0 Å². The van der Waals surface area contributed by atoms with Crippen molar-refractivity contribution in [2.24, 2.45) is 0 Å². The van der Waals surface area contributed by atoms with E-state index in [1.54, 1.807) is 12.4 Å². The van der Waals surface area contributed by atoms with Crippen molar-refractivity contribution in [3.8, 4) is 11.1 Å². The van der Waals surface area contributed by atoms with Crippen LogP contribution in [0.1, 0.15) is 10.4 Å². The summed E-state index contributed by atoms with van der Waals surface area (Å²) in [6, 6.07) is 25.5. The quantitative estimate of drug-likeness (QED) is 0.566. The summed E-state index contributed by atoms with van der Waals surface area (Å²) in [6.45, 7) is 0. The Morgan fingerprint density at radius 1 is 0.760 bits per heavy atom. The molecule has 0 atom stereocenters. The molecule has 0 fully saturated rings. The fraction of sp³-hybridized carbons (Fsp3) is 0. The van der Waals surface area contributed by atoms with Gasteiger partial charge in [0.1, 0.15) is 0 Å². The highest BCUT2D eigenvalue weighted by Gasteiger charge is 2.09. The fourth-order valence-electron chi connectivity index (χ4n) is 2.86. The Hall–Kier alpha value is -3.46. The van der Waals surface area contributed by atoms with E-state index in [9.17, 15) is 4.79 Å². The molecule has 0 aliphatic carbocycles. The highest BCUT2D eigenvalue weighted by atomic mass is 16.1. The Bertz CT molecular complexity index is 1020. The summed E-state index contributed by atoms with van der Waals surface area (Å²) in [6.07, 6.45) is 3.51. The highest BCUT2D eigenvalue weighted by molar-refractivity contribution is 6.09. The van der Waals surface area contributed by atoms with Crippen LogP contribution in [0.2, 0.25) is 0 Å². The van der Waals surface area contributed by atoms with Crippen LogP contribution in [0, 0.1) is 0 Å². The van der Waals surface area contributed by atoms with Gasteiger partial charge in [0.15, 0.2) is 0 Å². The van der Waals surface area contributed by atoms with Crippen molar-refractivity contribution in [2.45, 2.75) is 0 Å². The minimum atomic E-state index is -0.129. The van der Waals surface area contributed by atoms with Crippen LogP contribution in [0.25, 0.3) is 21.9 Å². The average Bonchev–Trinajstić information content (AvgIpc) is 2.69. The number of hydrogen-bond donors (Lipinski definition) is 1. The Labute approximate surface area is 146 Å². The Morgan fingerprint density at radius 3 is 2.32 bits per heavy atom. The molecule has 3 nitrogen and oxygen atoms in total. The number of anilines is 1. The lowest BCUT2D eigenvalue weighted by Crippen LogP contribution is -2.12. The van der Waals surface area contributed by atoms with Gasteiger partial charge in [-0.15, -0.1) is 0 Å². The predicted octanol–water partition coefficient (Wildman–Crippen LogP) is 5.15. The topological polar surface area (TPSA) is 42.0 Å². The van der Waals surface area contributed by atoms with Gasteiger partial charge in [-0.05, 0) is 40.8 Å². The smallest absolute Gasteiger partial charge is 0.255 e. The third kappa shape index (κ3) is 3.12. The number of amides is 1. The lowest BCUT2D eigenvalue weighted by Gasteiger charge is -2.09. The third-order valence-corrected chi connectivity index (χ3v) is 4.19. The van der Waals surface area contributed by atoms with Crippen molar-refractivity contribution in [3.05, 3.63) is 96.8 Å². The van der Waals surface area contributed by atoms with E-state index >= 15 is 0 Å². The van der Waals surface area contributed by atoms with Crippen LogP contribution in [0.15, 0.2) is 91.3 Å². The molecule has 25 heavy (non-hydrogen) atoms. The van der Waals surface area contributed by atoms with E-state index < -0.39 is 0 Å². The Kier molecular flexibility index (Phi) is 3.97. The Balaban J connectivity index is 1.59. The second-order valence-electron chi connectivity index (χ2n) is 5.80. The van der Waals surface area contributed by atoms with Crippen molar-refractivity contribution < 1.29 is 4.79 Å². The second-order valence-corrected chi connectivity index (χ2v) is 5.80. The van der Waals surface area contributed by atoms with E-state index in [-0.39, 0.29) is 5.91 Å². The number of rotatable bonds is 3. The van der Waals surface area contributed by atoms with E-state index in [0.29, 0.717) is 5.56 Å². The molecule has 3 aromatic carbocycles. The maximum Gasteiger partial charge on any atom is 0.255 e. The minimum Gasteiger partial charge on any atom is -0.321 e. The zero-order valence-electron chi connectivity index (χ0n) is 13.5. The molecule has 1 aromatic heterocycles. The van der Waals surface area contributed by atoms with E-state index in [0.717, 1.165) is 27.6 Å². The van der Waals surface area contributed by atoms with Gasteiger partial charge in [-0.2, -0.15) is 0 Å². The first-order chi connectivity index (χ1) is 12.3. The number of fused-ring (bicyclic) bond motifs is 1. The van der Waals surface area contributed by atoms with E-state index in [4.69, 9.17) is 0 Å². The molecule has 0 bridgehead atoms. The molecular formula is C22H16N2O. The summed E-state index contributed by atoms with van der Waals surface area (Å²) in [4.78, 5) is 16.7. The van der Waals surface area contributed by atoms with Gasteiger partial charge in [0.25, 0.3) is 5.91 Å². The van der Waals surface area contributed by atoms with Crippen molar-refractivity contribution in [2.75, 3.05) is 5.32 Å². The molecule has 0 aliphatic heterocycles. The van der Waals surface area contributed by atoms with Crippen molar-refractivity contribution >= 4 is 22.4 Å². The molecular weight excluding hydrogens is 308 g/mol. The van der Waals surface area contributed by atoms with Crippen LogP contribution in [0.3, 0.4) is 0 Å². The number of benzene rings is 3. The number of pyridine rings is 1. The van der Waals surface area contributed by atoms with Crippen LogP contribution in [0.4, 0.5) is 5.69 Å². The second kappa shape index (κ2) is 6.57. The first-order valence-electron chi connectivity index (χ1n) is 8.11. The standard InChI is InChI=1S/C22H16N2O/c25-22(24-21-8-4-7-18-13-14-23-15-20(18)21)19-11-9-17(10-12-19)16-5-2-1-3-6-16/h1-15H,(H,24,25). The number of carbonyl (C=O) groups is 1. The molecule has 0 saturated heterocycles. The molecule has 1 N–H and O–H groups in total. The van der Waals surface area contributed by atoms with Crippen LogP contribution < -0.4 is 5.32 Å². The van der Waals surface area contributed by atoms with Crippen molar-refractivity contribution in [1.29, 1.82) is 0 Å². The lowest BCUT2D eigenvalue weighted by molar-refractivity contribution is 0.102. The zero-order chi connectivity index (χ0) is 17.1. The normalized spacial score (nSPS) is 10.6. The monoisotopic (exact) mass is 324 g/mol. The van der Waals surface area contributed by atoms with Gasteiger partial charge in [-0.25, -0.2) is 0 Å². The molecule has 0 spiro atoms. The molecule has 0 saturated carbocycles. The van der Waals surface area contributed by atoms with Gasteiger partial charge in [0, 0.05) is 23.3 Å².